The summed E-state index contributed by atoms with van der Waals surface area (Å²) in [4.78, 5) is 43.4. The van der Waals surface area contributed by atoms with Crippen LogP contribution >= 0.6 is 0 Å². The highest BCUT2D eigenvalue weighted by Crippen LogP contribution is 1.92. The van der Waals surface area contributed by atoms with Gasteiger partial charge in [-0.3, -0.25) is 19.2 Å². The fraction of sp³-hybridized carbons (Fsp3) is 0.600. The van der Waals surface area contributed by atoms with Gasteiger partial charge >= 0.3 is 5.97 Å². The highest BCUT2D eigenvalue weighted by atomic mass is 16.4. The van der Waals surface area contributed by atoms with E-state index in [1.807, 2.05) is 0 Å². The summed E-state index contributed by atoms with van der Waals surface area (Å²) in [7, 11) is 0. The second-order valence-electron chi connectivity index (χ2n) is 3.59. The number of hydrogen-bond donors (Lipinski definition) is 4. The van der Waals surface area contributed by atoms with Crippen LogP contribution in [0.5, 0.6) is 0 Å². The molecule has 2 atom stereocenters. The molecule has 0 aromatic rings. The average molecular weight is 259 g/mol. The van der Waals surface area contributed by atoms with Crippen LogP contribution < -0.4 is 16.0 Å². The largest absolute Gasteiger partial charge is 0.480 e. The van der Waals surface area contributed by atoms with Crippen LogP contribution in [0.3, 0.4) is 0 Å². The van der Waals surface area contributed by atoms with Gasteiger partial charge in [0.25, 0.3) is 0 Å². The van der Waals surface area contributed by atoms with Crippen molar-refractivity contribution in [2.24, 2.45) is 0 Å². The maximum Gasteiger partial charge on any atom is 0.322 e. The molecule has 3 amide bonds. The number of carboxylic acid groups (broad SMARTS) is 1. The highest BCUT2D eigenvalue weighted by molar-refractivity contribution is 5.91. The van der Waals surface area contributed by atoms with Gasteiger partial charge in [0.05, 0.1) is 0 Å². The summed E-state index contributed by atoms with van der Waals surface area (Å²) >= 11 is 0. The zero-order valence-corrected chi connectivity index (χ0v) is 10.2. The molecule has 18 heavy (non-hydrogen) atoms. The van der Waals surface area contributed by atoms with Gasteiger partial charge in [-0.25, -0.2) is 0 Å². The van der Waals surface area contributed by atoms with Crippen molar-refractivity contribution in [1.82, 2.24) is 16.0 Å². The fourth-order valence-electron chi connectivity index (χ4n) is 1.16. The van der Waals surface area contributed by atoms with Gasteiger partial charge < -0.3 is 21.1 Å². The number of aliphatic carboxylic acids is 1. The monoisotopic (exact) mass is 259 g/mol. The van der Waals surface area contributed by atoms with E-state index >= 15 is 0 Å². The minimum absolute atomic E-state index is 0.383. The summed E-state index contributed by atoms with van der Waals surface area (Å²) in [6, 6.07) is -1.59. The Morgan fingerprint density at radius 1 is 1.28 bits per heavy atom. The van der Waals surface area contributed by atoms with Crippen LogP contribution in [-0.2, 0) is 19.2 Å². The van der Waals surface area contributed by atoms with E-state index in [4.69, 9.17) is 5.11 Å². The molecule has 0 saturated carbocycles. The van der Waals surface area contributed by atoms with Crippen molar-refractivity contribution in [3.8, 4) is 0 Å². The second-order valence-corrected chi connectivity index (χ2v) is 3.59. The zero-order valence-electron chi connectivity index (χ0n) is 10.2. The molecule has 0 rings (SSSR count). The van der Waals surface area contributed by atoms with Crippen molar-refractivity contribution in [3.05, 3.63) is 0 Å². The predicted molar refractivity (Wildman–Crippen MR) is 61.5 cm³/mol. The van der Waals surface area contributed by atoms with E-state index in [0.29, 0.717) is 12.8 Å². The third-order valence-electron chi connectivity index (χ3n) is 2.16. The third-order valence-corrected chi connectivity index (χ3v) is 2.16. The molecule has 0 aliphatic heterocycles. The number of carboxylic acids is 1. The van der Waals surface area contributed by atoms with Crippen LogP contribution in [0.4, 0.5) is 0 Å². The molecule has 0 saturated heterocycles. The van der Waals surface area contributed by atoms with Crippen molar-refractivity contribution in [3.63, 3.8) is 0 Å². The minimum atomic E-state index is -1.17. The topological polar surface area (TPSA) is 125 Å². The van der Waals surface area contributed by atoms with Crippen LogP contribution in [0.15, 0.2) is 0 Å². The summed E-state index contributed by atoms with van der Waals surface area (Å²) < 4.78 is 0. The van der Waals surface area contributed by atoms with Crippen molar-refractivity contribution in [2.75, 3.05) is 6.54 Å². The lowest BCUT2D eigenvalue weighted by Gasteiger charge is -2.18. The number of amides is 3. The maximum absolute atomic E-state index is 11.6. The summed E-state index contributed by atoms with van der Waals surface area (Å²) in [5.41, 5.74) is 0. The molecule has 0 bridgehead atoms. The molecule has 4 N–H and O–H groups in total. The van der Waals surface area contributed by atoms with Crippen LogP contribution in [0.1, 0.15) is 20.3 Å². The van der Waals surface area contributed by atoms with E-state index in [0.717, 1.165) is 0 Å². The van der Waals surface area contributed by atoms with E-state index in [9.17, 15) is 19.2 Å². The molecule has 8 heteroatoms. The third kappa shape index (κ3) is 5.83. The number of carbonyl (C=O) groups is 4. The van der Waals surface area contributed by atoms with E-state index in [2.05, 4.69) is 16.0 Å². The molecular weight excluding hydrogens is 242 g/mol. The van der Waals surface area contributed by atoms with Crippen LogP contribution in [-0.4, -0.2) is 47.9 Å². The van der Waals surface area contributed by atoms with Gasteiger partial charge in [-0.2, -0.15) is 0 Å². The first-order chi connectivity index (χ1) is 8.42. The molecule has 0 spiro atoms. The Morgan fingerprint density at radius 2 is 1.89 bits per heavy atom. The molecule has 0 aliphatic carbocycles. The first kappa shape index (κ1) is 15.9. The second kappa shape index (κ2) is 8.04. The zero-order chi connectivity index (χ0) is 14.1. The SMILES string of the molecule is CC[C@H](NC=O)C(=O)N[C@H](C)C(=O)NCC(=O)O. The Kier molecular flexibility index (Phi) is 7.10. The molecule has 0 heterocycles. The summed E-state index contributed by atoms with van der Waals surface area (Å²) in [5.74, 6) is -2.27. The summed E-state index contributed by atoms with van der Waals surface area (Å²) in [6.45, 7) is 2.61. The smallest absolute Gasteiger partial charge is 0.322 e. The lowest BCUT2D eigenvalue weighted by atomic mass is 10.2. The minimum Gasteiger partial charge on any atom is -0.480 e. The van der Waals surface area contributed by atoms with Crippen molar-refractivity contribution in [1.29, 1.82) is 0 Å². The first-order valence-corrected chi connectivity index (χ1v) is 5.41. The maximum atomic E-state index is 11.6. The van der Waals surface area contributed by atoms with Crippen LogP contribution in [0.25, 0.3) is 0 Å². The Bertz CT molecular complexity index is 331. The highest BCUT2D eigenvalue weighted by Gasteiger charge is 2.21. The van der Waals surface area contributed by atoms with E-state index in [1.165, 1.54) is 6.92 Å². The van der Waals surface area contributed by atoms with E-state index in [-0.39, 0.29) is 0 Å². The molecule has 0 aliphatic rings. The predicted octanol–water partition coefficient (Wildman–Crippen LogP) is -1.78. The van der Waals surface area contributed by atoms with Gasteiger partial charge in [-0.1, -0.05) is 6.92 Å². The van der Waals surface area contributed by atoms with E-state index < -0.39 is 36.4 Å². The lowest BCUT2D eigenvalue weighted by Crippen LogP contribution is -2.51. The first-order valence-electron chi connectivity index (χ1n) is 5.41. The van der Waals surface area contributed by atoms with Gasteiger partial charge in [0, 0.05) is 0 Å². The van der Waals surface area contributed by atoms with Crippen molar-refractivity contribution in [2.45, 2.75) is 32.4 Å². The molecule has 0 radical (unpaired) electrons. The van der Waals surface area contributed by atoms with Gasteiger partial charge in [0.15, 0.2) is 0 Å². The molecule has 0 fully saturated rings. The van der Waals surface area contributed by atoms with Gasteiger partial charge in [-0.05, 0) is 13.3 Å². The Morgan fingerprint density at radius 3 is 2.33 bits per heavy atom. The quantitative estimate of drug-likeness (QED) is 0.383. The lowest BCUT2D eigenvalue weighted by molar-refractivity contribution is -0.138. The molecule has 102 valence electrons. The molecule has 0 aromatic carbocycles. The summed E-state index contributed by atoms with van der Waals surface area (Å²) in [6.07, 6.45) is 0.789. The van der Waals surface area contributed by atoms with Gasteiger partial charge in [0.2, 0.25) is 18.2 Å². The Hall–Kier alpha value is -2.12. The fourth-order valence-corrected chi connectivity index (χ4v) is 1.16. The van der Waals surface area contributed by atoms with Crippen LogP contribution in [0.2, 0.25) is 0 Å². The summed E-state index contributed by atoms with van der Waals surface area (Å²) in [5, 5.41) is 15.2. The Labute approximate surface area is 104 Å². The number of hydrogen-bond acceptors (Lipinski definition) is 4. The van der Waals surface area contributed by atoms with Gasteiger partial charge in [-0.15, -0.1) is 0 Å². The molecule has 0 aromatic heterocycles. The molecule has 0 unspecified atom stereocenters. The number of rotatable bonds is 8. The number of nitrogens with one attached hydrogen (secondary N) is 3. The Balaban J connectivity index is 4.23. The standard InChI is InChI=1S/C10H17N3O5/c1-3-7(12-5-14)10(18)13-6(2)9(17)11-4-8(15)16/h5-7H,3-4H2,1-2H3,(H,11,17)(H,12,14)(H,13,18)(H,15,16)/t6-,7+/m1/s1. The van der Waals surface area contributed by atoms with Gasteiger partial charge in [0.1, 0.15) is 18.6 Å². The van der Waals surface area contributed by atoms with E-state index in [1.54, 1.807) is 6.92 Å². The average Bonchev–Trinajstić information content (AvgIpc) is 2.32. The van der Waals surface area contributed by atoms with Crippen molar-refractivity contribution >= 4 is 24.2 Å². The number of carbonyl (C=O) groups excluding carboxylic acids is 3. The molecule has 8 nitrogen and oxygen atoms in total. The molecular formula is C10H17N3O5. The van der Waals surface area contributed by atoms with Crippen molar-refractivity contribution < 1.29 is 24.3 Å². The normalized spacial score (nSPS) is 13.0. The van der Waals surface area contributed by atoms with Crippen LogP contribution in [0, 0.1) is 0 Å².